The highest BCUT2D eigenvalue weighted by Crippen LogP contribution is 2.33. The molecule has 2 aromatic carbocycles. The first kappa shape index (κ1) is 13.9. The molecule has 0 nitrogen and oxygen atoms in total. The molecule has 0 heterocycles. The van der Waals surface area contributed by atoms with Crippen LogP contribution in [0.15, 0.2) is 30.3 Å². The lowest BCUT2D eigenvalue weighted by atomic mass is 10.0. The van der Waals surface area contributed by atoms with Crippen molar-refractivity contribution in [2.45, 2.75) is 12.3 Å². The molecule has 0 N–H and O–H groups in total. The molecule has 0 saturated carbocycles. The van der Waals surface area contributed by atoms with E-state index in [9.17, 15) is 17.6 Å². The zero-order valence-electron chi connectivity index (χ0n) is 9.85. The van der Waals surface area contributed by atoms with E-state index < -0.39 is 28.6 Å². The van der Waals surface area contributed by atoms with Crippen LogP contribution in [0.5, 0.6) is 0 Å². The third-order valence-corrected chi connectivity index (χ3v) is 3.21. The molecule has 0 bridgehead atoms. The summed E-state index contributed by atoms with van der Waals surface area (Å²) < 4.78 is 53.2. The number of benzene rings is 2. The van der Waals surface area contributed by atoms with Crippen LogP contribution in [0.25, 0.3) is 0 Å². The van der Waals surface area contributed by atoms with Gasteiger partial charge in [0.25, 0.3) is 0 Å². The molecule has 5 heteroatoms. The van der Waals surface area contributed by atoms with Gasteiger partial charge in [-0.05, 0) is 24.6 Å². The molecule has 1 unspecified atom stereocenters. The Bertz CT molecular complexity index is 625. The third kappa shape index (κ3) is 2.73. The zero-order chi connectivity index (χ0) is 14.2. The molecule has 0 radical (unpaired) electrons. The van der Waals surface area contributed by atoms with Crippen LogP contribution in [-0.4, -0.2) is 0 Å². The van der Waals surface area contributed by atoms with Gasteiger partial charge in [-0.3, -0.25) is 0 Å². The van der Waals surface area contributed by atoms with Crippen molar-refractivity contribution in [3.63, 3.8) is 0 Å². The molecule has 0 fully saturated rings. The summed E-state index contributed by atoms with van der Waals surface area (Å²) in [5.74, 6) is -4.17. The van der Waals surface area contributed by atoms with E-state index in [1.165, 1.54) is 12.1 Å². The fraction of sp³-hybridized carbons (Fsp3) is 0.143. The van der Waals surface area contributed by atoms with Gasteiger partial charge in [-0.15, -0.1) is 11.6 Å². The average Bonchev–Trinajstić information content (AvgIpc) is 2.33. The predicted octanol–water partition coefficient (Wildman–Crippen LogP) is 4.88. The predicted molar refractivity (Wildman–Crippen MR) is 65.1 cm³/mol. The molecule has 19 heavy (non-hydrogen) atoms. The standard InChI is InChI=1S/C14H9ClF4/c1-7-2-3-8(10(16)4-7)14(15)9-5-12(18)13(19)6-11(9)17/h2-6,14H,1H3. The normalized spacial score (nSPS) is 12.5. The lowest BCUT2D eigenvalue weighted by Gasteiger charge is -2.13. The largest absolute Gasteiger partial charge is 0.207 e. The molecule has 2 aromatic rings. The lowest BCUT2D eigenvalue weighted by Crippen LogP contribution is -2.02. The summed E-state index contributed by atoms with van der Waals surface area (Å²) in [4.78, 5) is 0. The summed E-state index contributed by atoms with van der Waals surface area (Å²) in [6, 6.07) is 5.27. The molecule has 0 amide bonds. The van der Waals surface area contributed by atoms with Crippen LogP contribution < -0.4 is 0 Å². The van der Waals surface area contributed by atoms with E-state index in [1.54, 1.807) is 13.0 Å². The number of alkyl halides is 1. The first-order chi connectivity index (χ1) is 8.90. The first-order valence-electron chi connectivity index (χ1n) is 5.44. The van der Waals surface area contributed by atoms with Gasteiger partial charge in [0.05, 0.1) is 5.38 Å². The van der Waals surface area contributed by atoms with Crippen molar-refractivity contribution in [3.05, 3.63) is 70.3 Å². The second-order valence-electron chi connectivity index (χ2n) is 4.18. The van der Waals surface area contributed by atoms with E-state index in [-0.39, 0.29) is 11.1 Å². The molecule has 0 aliphatic carbocycles. The van der Waals surface area contributed by atoms with Crippen LogP contribution in [0.1, 0.15) is 22.1 Å². The quantitative estimate of drug-likeness (QED) is 0.420. The number of aryl methyl sites for hydroxylation is 1. The molecule has 100 valence electrons. The smallest absolute Gasteiger partial charge is 0.161 e. The highest BCUT2D eigenvalue weighted by atomic mass is 35.5. The van der Waals surface area contributed by atoms with E-state index in [1.807, 2.05) is 0 Å². The Morgan fingerprint density at radius 2 is 1.37 bits per heavy atom. The monoisotopic (exact) mass is 288 g/mol. The van der Waals surface area contributed by atoms with Gasteiger partial charge in [0.1, 0.15) is 11.6 Å². The molecule has 0 saturated heterocycles. The SMILES string of the molecule is Cc1ccc(C(Cl)c2cc(F)c(F)cc2F)c(F)c1. The van der Waals surface area contributed by atoms with Crippen LogP contribution >= 0.6 is 11.6 Å². The number of rotatable bonds is 2. The summed E-state index contributed by atoms with van der Waals surface area (Å²) >= 11 is 5.95. The van der Waals surface area contributed by atoms with Crippen LogP contribution in [0.3, 0.4) is 0 Å². The van der Waals surface area contributed by atoms with Gasteiger partial charge in [0.15, 0.2) is 11.6 Å². The fourth-order valence-electron chi connectivity index (χ4n) is 1.74. The molecule has 0 aromatic heterocycles. The minimum Gasteiger partial charge on any atom is -0.207 e. The molecular formula is C14H9ClF4. The van der Waals surface area contributed by atoms with Crippen molar-refractivity contribution < 1.29 is 17.6 Å². The lowest BCUT2D eigenvalue weighted by molar-refractivity contribution is 0.490. The van der Waals surface area contributed by atoms with E-state index in [0.29, 0.717) is 17.7 Å². The minimum absolute atomic E-state index is 0.0113. The van der Waals surface area contributed by atoms with Crippen LogP contribution in [0, 0.1) is 30.2 Å². The zero-order valence-corrected chi connectivity index (χ0v) is 10.6. The van der Waals surface area contributed by atoms with E-state index >= 15 is 0 Å². The Labute approximate surface area is 112 Å². The van der Waals surface area contributed by atoms with Crippen molar-refractivity contribution in [2.75, 3.05) is 0 Å². The van der Waals surface area contributed by atoms with Gasteiger partial charge in [-0.1, -0.05) is 12.1 Å². The van der Waals surface area contributed by atoms with Gasteiger partial charge >= 0.3 is 0 Å². The number of hydrogen-bond acceptors (Lipinski definition) is 0. The van der Waals surface area contributed by atoms with Gasteiger partial charge in [0, 0.05) is 17.2 Å². The topological polar surface area (TPSA) is 0 Å². The molecule has 2 rings (SSSR count). The van der Waals surface area contributed by atoms with Crippen molar-refractivity contribution >= 4 is 11.6 Å². The Morgan fingerprint density at radius 3 is 2.00 bits per heavy atom. The second-order valence-corrected chi connectivity index (χ2v) is 4.61. The Kier molecular flexibility index (Phi) is 3.80. The van der Waals surface area contributed by atoms with Gasteiger partial charge < -0.3 is 0 Å². The van der Waals surface area contributed by atoms with Crippen molar-refractivity contribution in [1.82, 2.24) is 0 Å². The third-order valence-electron chi connectivity index (χ3n) is 2.74. The van der Waals surface area contributed by atoms with Crippen LogP contribution in [-0.2, 0) is 0 Å². The summed E-state index contributed by atoms with van der Waals surface area (Å²) in [6.45, 7) is 1.69. The van der Waals surface area contributed by atoms with E-state index in [4.69, 9.17) is 11.6 Å². The van der Waals surface area contributed by atoms with Gasteiger partial charge in [0.2, 0.25) is 0 Å². The van der Waals surface area contributed by atoms with E-state index in [0.717, 1.165) is 0 Å². The summed E-state index contributed by atoms with van der Waals surface area (Å²) in [6.07, 6.45) is 0. The maximum atomic E-state index is 13.7. The molecular weight excluding hydrogens is 280 g/mol. The molecule has 1 atom stereocenters. The first-order valence-corrected chi connectivity index (χ1v) is 5.88. The van der Waals surface area contributed by atoms with Gasteiger partial charge in [-0.2, -0.15) is 0 Å². The fourth-order valence-corrected chi connectivity index (χ4v) is 2.08. The molecule has 0 spiro atoms. The Balaban J connectivity index is 2.49. The second kappa shape index (κ2) is 5.21. The maximum absolute atomic E-state index is 13.7. The minimum atomic E-state index is -1.31. The van der Waals surface area contributed by atoms with Crippen molar-refractivity contribution in [2.24, 2.45) is 0 Å². The average molecular weight is 289 g/mol. The Hall–Kier alpha value is -1.55. The van der Waals surface area contributed by atoms with Gasteiger partial charge in [-0.25, -0.2) is 17.6 Å². The summed E-state index contributed by atoms with van der Waals surface area (Å²) in [5.41, 5.74) is 0.386. The molecule has 0 aliphatic rings. The van der Waals surface area contributed by atoms with Crippen LogP contribution in [0.4, 0.5) is 17.6 Å². The highest BCUT2D eigenvalue weighted by molar-refractivity contribution is 6.22. The summed E-state index contributed by atoms with van der Waals surface area (Å²) in [7, 11) is 0. The molecule has 0 aliphatic heterocycles. The maximum Gasteiger partial charge on any atom is 0.161 e. The summed E-state index contributed by atoms with van der Waals surface area (Å²) in [5, 5.41) is -1.23. The van der Waals surface area contributed by atoms with Crippen molar-refractivity contribution in [1.29, 1.82) is 0 Å². The number of hydrogen-bond donors (Lipinski definition) is 0. The number of halogens is 5. The highest BCUT2D eigenvalue weighted by Gasteiger charge is 2.21. The van der Waals surface area contributed by atoms with Crippen LogP contribution in [0.2, 0.25) is 0 Å². The van der Waals surface area contributed by atoms with E-state index in [2.05, 4.69) is 0 Å². The van der Waals surface area contributed by atoms with Crippen molar-refractivity contribution in [3.8, 4) is 0 Å². The Morgan fingerprint density at radius 1 is 0.789 bits per heavy atom.